The van der Waals surface area contributed by atoms with Crippen LogP contribution in [0.5, 0.6) is 0 Å². The van der Waals surface area contributed by atoms with Crippen molar-refractivity contribution in [1.82, 2.24) is 14.7 Å². The molecule has 0 N–H and O–H groups in total. The van der Waals surface area contributed by atoms with Gasteiger partial charge in [0, 0.05) is 31.7 Å². The van der Waals surface area contributed by atoms with Gasteiger partial charge < -0.3 is 24.2 Å². The van der Waals surface area contributed by atoms with Gasteiger partial charge in [0.05, 0.1) is 14.2 Å². The number of carbonyl (C=O) groups is 2. The molecule has 0 radical (unpaired) electrons. The number of carbonyl (C=O) groups excluding carboxylic acids is 2. The first-order valence-corrected chi connectivity index (χ1v) is 10.1. The van der Waals surface area contributed by atoms with Gasteiger partial charge in [0.25, 0.3) is 0 Å². The number of amides is 2. The lowest BCUT2D eigenvalue weighted by atomic mass is 9.87. The van der Waals surface area contributed by atoms with E-state index in [1.165, 1.54) is 14.2 Å². The van der Waals surface area contributed by atoms with Crippen LogP contribution in [0, 0.1) is 5.92 Å². The first-order valence-electron chi connectivity index (χ1n) is 10.1. The minimum atomic E-state index is -0.200. The molecule has 26 heavy (non-hydrogen) atoms. The Hall–Kier alpha value is -1.50. The predicted octanol–water partition coefficient (Wildman–Crippen LogP) is 2.55. The zero-order valence-corrected chi connectivity index (χ0v) is 16.2. The van der Waals surface area contributed by atoms with E-state index in [-0.39, 0.29) is 12.2 Å². The molecule has 3 aliphatic rings. The zero-order valence-electron chi connectivity index (χ0n) is 16.2. The fraction of sp³-hybridized carbons (Fsp3) is 0.895. The fourth-order valence-corrected chi connectivity index (χ4v) is 5.05. The molecule has 148 valence electrons. The first kappa shape index (κ1) is 19.3. The Morgan fingerprint density at radius 3 is 2.15 bits per heavy atom. The summed E-state index contributed by atoms with van der Waals surface area (Å²) in [5.41, 5.74) is 0. The molecule has 0 saturated carbocycles. The lowest BCUT2D eigenvalue weighted by Gasteiger charge is -2.40. The smallest absolute Gasteiger partial charge is 0.409 e. The van der Waals surface area contributed by atoms with Gasteiger partial charge >= 0.3 is 12.2 Å². The van der Waals surface area contributed by atoms with Gasteiger partial charge in [-0.3, -0.25) is 0 Å². The summed E-state index contributed by atoms with van der Waals surface area (Å²) < 4.78 is 9.82. The van der Waals surface area contributed by atoms with Gasteiger partial charge in [0.2, 0.25) is 0 Å². The maximum absolute atomic E-state index is 12.0. The second kappa shape index (κ2) is 8.93. The number of nitrogens with zero attached hydrogens (tertiary/aromatic N) is 3. The van der Waals surface area contributed by atoms with E-state index in [2.05, 4.69) is 4.90 Å². The van der Waals surface area contributed by atoms with Gasteiger partial charge in [0.15, 0.2) is 0 Å². The Morgan fingerprint density at radius 2 is 1.46 bits per heavy atom. The highest BCUT2D eigenvalue weighted by atomic mass is 16.5. The Bertz CT molecular complexity index is 493. The second-order valence-electron chi connectivity index (χ2n) is 7.79. The highest BCUT2D eigenvalue weighted by Crippen LogP contribution is 2.33. The van der Waals surface area contributed by atoms with Crippen LogP contribution in [-0.4, -0.2) is 85.9 Å². The zero-order chi connectivity index (χ0) is 18.5. The molecule has 0 aliphatic carbocycles. The third-order valence-electron chi connectivity index (χ3n) is 6.47. The first-order chi connectivity index (χ1) is 12.6. The molecule has 0 spiro atoms. The van der Waals surface area contributed by atoms with E-state index >= 15 is 0 Å². The van der Waals surface area contributed by atoms with Gasteiger partial charge in [-0.05, 0) is 64.0 Å². The standard InChI is InChI=1S/C19H33N3O4/c1-25-18(23)21-10-3-5-16(9-14-21)20-12-7-15(8-13-20)17-6-4-11-22(17)19(24)26-2/h15-17H,3-14H2,1-2H3. The summed E-state index contributed by atoms with van der Waals surface area (Å²) in [5.74, 6) is 0.588. The Kier molecular flexibility index (Phi) is 6.62. The van der Waals surface area contributed by atoms with Crippen molar-refractivity contribution in [2.75, 3.05) is 46.9 Å². The van der Waals surface area contributed by atoms with Crippen molar-refractivity contribution in [1.29, 1.82) is 0 Å². The topological polar surface area (TPSA) is 62.3 Å². The molecule has 7 nitrogen and oxygen atoms in total. The molecule has 0 aromatic heterocycles. The summed E-state index contributed by atoms with van der Waals surface area (Å²) in [6, 6.07) is 0.916. The number of likely N-dealkylation sites (tertiary alicyclic amines) is 3. The van der Waals surface area contributed by atoms with Crippen LogP contribution in [0.3, 0.4) is 0 Å². The lowest BCUT2D eigenvalue weighted by molar-refractivity contribution is 0.0697. The predicted molar refractivity (Wildman–Crippen MR) is 98.0 cm³/mol. The van der Waals surface area contributed by atoms with Crippen molar-refractivity contribution in [3.63, 3.8) is 0 Å². The van der Waals surface area contributed by atoms with Crippen molar-refractivity contribution in [2.24, 2.45) is 5.92 Å². The number of hydrogen-bond acceptors (Lipinski definition) is 5. The summed E-state index contributed by atoms with van der Waals surface area (Å²) in [6.45, 7) is 4.62. The molecule has 3 saturated heterocycles. The summed E-state index contributed by atoms with van der Waals surface area (Å²) in [6.07, 6.45) is 7.34. The van der Waals surface area contributed by atoms with Crippen molar-refractivity contribution in [3.05, 3.63) is 0 Å². The van der Waals surface area contributed by atoms with Crippen LogP contribution < -0.4 is 0 Å². The minimum absolute atomic E-state index is 0.165. The monoisotopic (exact) mass is 367 g/mol. The molecule has 3 aliphatic heterocycles. The van der Waals surface area contributed by atoms with Crippen LogP contribution in [0.1, 0.15) is 44.9 Å². The highest BCUT2D eigenvalue weighted by Gasteiger charge is 2.38. The van der Waals surface area contributed by atoms with E-state index in [1.54, 1.807) is 0 Å². The summed E-state index contributed by atoms with van der Waals surface area (Å²) in [7, 11) is 2.93. The largest absolute Gasteiger partial charge is 0.453 e. The van der Waals surface area contributed by atoms with Crippen LogP contribution in [0.2, 0.25) is 0 Å². The SMILES string of the molecule is COC(=O)N1CCCC(N2CCC(C3CCCN3C(=O)OC)CC2)CC1. The van der Waals surface area contributed by atoms with E-state index in [0.717, 1.165) is 77.7 Å². The molecule has 3 rings (SSSR count). The van der Waals surface area contributed by atoms with Gasteiger partial charge in [-0.25, -0.2) is 9.59 Å². The van der Waals surface area contributed by atoms with Crippen molar-refractivity contribution >= 4 is 12.2 Å². The Morgan fingerprint density at radius 1 is 0.769 bits per heavy atom. The minimum Gasteiger partial charge on any atom is -0.453 e. The molecular formula is C19H33N3O4. The maximum Gasteiger partial charge on any atom is 0.409 e. The average Bonchev–Trinajstić information content (AvgIpc) is 3.04. The lowest BCUT2D eigenvalue weighted by Crippen LogP contribution is -2.47. The van der Waals surface area contributed by atoms with Gasteiger partial charge in [0.1, 0.15) is 0 Å². The third kappa shape index (κ3) is 4.24. The quantitative estimate of drug-likeness (QED) is 0.751. The van der Waals surface area contributed by atoms with Crippen LogP contribution >= 0.6 is 0 Å². The average molecular weight is 367 g/mol. The Labute approximate surface area is 156 Å². The summed E-state index contributed by atoms with van der Waals surface area (Å²) in [5, 5.41) is 0. The normalized spacial score (nSPS) is 28.7. The molecule has 0 bridgehead atoms. The van der Waals surface area contributed by atoms with Crippen molar-refractivity contribution in [3.8, 4) is 0 Å². The molecule has 2 atom stereocenters. The van der Waals surface area contributed by atoms with Gasteiger partial charge in [-0.15, -0.1) is 0 Å². The Balaban J connectivity index is 1.49. The van der Waals surface area contributed by atoms with E-state index in [4.69, 9.17) is 9.47 Å². The fourth-order valence-electron chi connectivity index (χ4n) is 5.05. The van der Waals surface area contributed by atoms with Crippen LogP contribution in [0.25, 0.3) is 0 Å². The van der Waals surface area contributed by atoms with E-state index in [9.17, 15) is 9.59 Å². The van der Waals surface area contributed by atoms with Crippen molar-refractivity contribution in [2.45, 2.75) is 57.0 Å². The number of hydrogen-bond donors (Lipinski definition) is 0. The van der Waals surface area contributed by atoms with Crippen LogP contribution in [-0.2, 0) is 9.47 Å². The summed E-state index contributed by atoms with van der Waals surface area (Å²) >= 11 is 0. The van der Waals surface area contributed by atoms with E-state index in [1.807, 2.05) is 9.80 Å². The molecule has 2 unspecified atom stereocenters. The maximum atomic E-state index is 12.0. The molecule has 2 amide bonds. The number of rotatable bonds is 2. The molecule has 3 heterocycles. The van der Waals surface area contributed by atoms with Crippen LogP contribution in [0.15, 0.2) is 0 Å². The third-order valence-corrected chi connectivity index (χ3v) is 6.47. The van der Waals surface area contributed by atoms with Gasteiger partial charge in [-0.2, -0.15) is 0 Å². The number of ether oxygens (including phenoxy) is 2. The van der Waals surface area contributed by atoms with Crippen LogP contribution in [0.4, 0.5) is 9.59 Å². The molecule has 0 aromatic rings. The molecule has 0 aromatic carbocycles. The number of methoxy groups -OCH3 is 2. The van der Waals surface area contributed by atoms with E-state index in [0.29, 0.717) is 18.0 Å². The van der Waals surface area contributed by atoms with Gasteiger partial charge in [-0.1, -0.05) is 0 Å². The second-order valence-corrected chi connectivity index (χ2v) is 7.79. The van der Waals surface area contributed by atoms with E-state index < -0.39 is 0 Å². The highest BCUT2D eigenvalue weighted by molar-refractivity contribution is 5.68. The van der Waals surface area contributed by atoms with Crippen molar-refractivity contribution < 1.29 is 19.1 Å². The molecule has 7 heteroatoms. The molecular weight excluding hydrogens is 334 g/mol. The molecule has 3 fully saturated rings. The summed E-state index contributed by atoms with van der Waals surface area (Å²) in [4.78, 5) is 30.1. The number of piperidine rings is 1.